The van der Waals surface area contributed by atoms with Gasteiger partial charge in [0.05, 0.1) is 12.5 Å². The van der Waals surface area contributed by atoms with Crippen molar-refractivity contribution >= 4 is 12.3 Å². The summed E-state index contributed by atoms with van der Waals surface area (Å²) in [5.41, 5.74) is 0. The van der Waals surface area contributed by atoms with Crippen LogP contribution in [0.25, 0.3) is 0 Å². The van der Waals surface area contributed by atoms with Crippen LogP contribution in [0.4, 0.5) is 0 Å². The molecule has 0 aromatic heterocycles. The Morgan fingerprint density at radius 2 is 2.14 bits per heavy atom. The molecule has 0 N–H and O–H groups in total. The Morgan fingerprint density at radius 3 is 2.79 bits per heavy atom. The zero-order valence-electron chi connectivity index (χ0n) is 8.44. The lowest BCUT2D eigenvalue weighted by molar-refractivity contribution is -0.153. The highest BCUT2D eigenvalue weighted by Gasteiger charge is 2.51. The number of carbonyl (C=O) groups is 2. The molecular formula is C11H16O3. The first-order chi connectivity index (χ1) is 6.77. The van der Waals surface area contributed by atoms with Crippen molar-refractivity contribution in [3.05, 3.63) is 0 Å². The highest BCUT2D eigenvalue weighted by molar-refractivity contribution is 5.78. The molecule has 0 amide bonds. The van der Waals surface area contributed by atoms with Gasteiger partial charge >= 0.3 is 5.97 Å². The maximum Gasteiger partial charge on any atom is 0.309 e. The van der Waals surface area contributed by atoms with Crippen LogP contribution < -0.4 is 0 Å². The largest absolute Gasteiger partial charge is 0.466 e. The number of hydrogen-bond donors (Lipinski definition) is 0. The molecule has 4 unspecified atom stereocenters. The van der Waals surface area contributed by atoms with E-state index in [-0.39, 0.29) is 17.8 Å². The van der Waals surface area contributed by atoms with Crippen molar-refractivity contribution in [3.8, 4) is 0 Å². The number of hydrogen-bond acceptors (Lipinski definition) is 3. The van der Waals surface area contributed by atoms with Gasteiger partial charge in [0, 0.05) is 5.92 Å². The van der Waals surface area contributed by atoms with Gasteiger partial charge in [0.2, 0.25) is 0 Å². The van der Waals surface area contributed by atoms with E-state index in [1.165, 1.54) is 0 Å². The van der Waals surface area contributed by atoms with Crippen molar-refractivity contribution < 1.29 is 14.3 Å². The molecule has 14 heavy (non-hydrogen) atoms. The van der Waals surface area contributed by atoms with Gasteiger partial charge in [-0.2, -0.15) is 0 Å². The number of carbonyl (C=O) groups excluding carboxylic acids is 2. The first-order valence-electron chi connectivity index (χ1n) is 5.39. The Labute approximate surface area is 83.8 Å². The lowest BCUT2D eigenvalue weighted by Crippen LogP contribution is -2.31. The maximum absolute atomic E-state index is 11.6. The molecule has 2 saturated carbocycles. The smallest absolute Gasteiger partial charge is 0.309 e. The number of fused-ring (bicyclic) bond motifs is 2. The lowest BCUT2D eigenvalue weighted by Gasteiger charge is -2.24. The minimum Gasteiger partial charge on any atom is -0.466 e. The fourth-order valence-corrected chi connectivity index (χ4v) is 3.12. The quantitative estimate of drug-likeness (QED) is 0.506. The topological polar surface area (TPSA) is 43.4 Å². The molecular weight excluding hydrogens is 180 g/mol. The second-order valence-corrected chi connectivity index (χ2v) is 4.32. The van der Waals surface area contributed by atoms with Gasteiger partial charge in [-0.1, -0.05) is 0 Å². The molecule has 0 aromatic rings. The molecule has 0 saturated heterocycles. The predicted octanol–water partition coefficient (Wildman–Crippen LogP) is 1.41. The molecule has 2 aliphatic carbocycles. The molecule has 2 bridgehead atoms. The second kappa shape index (κ2) is 3.71. The van der Waals surface area contributed by atoms with Crippen LogP contribution in [0, 0.1) is 23.7 Å². The first-order valence-corrected chi connectivity index (χ1v) is 5.39. The summed E-state index contributed by atoms with van der Waals surface area (Å²) in [6.07, 6.45) is 4.22. The summed E-state index contributed by atoms with van der Waals surface area (Å²) in [4.78, 5) is 22.5. The van der Waals surface area contributed by atoms with Gasteiger partial charge < -0.3 is 9.53 Å². The van der Waals surface area contributed by atoms with E-state index >= 15 is 0 Å². The average molecular weight is 196 g/mol. The van der Waals surface area contributed by atoms with Crippen molar-refractivity contribution in [1.82, 2.24) is 0 Å². The van der Waals surface area contributed by atoms with E-state index in [0.29, 0.717) is 18.4 Å². The minimum absolute atomic E-state index is 0.0622. The Bertz CT molecular complexity index is 249. The van der Waals surface area contributed by atoms with Crippen LogP contribution in [0.3, 0.4) is 0 Å². The molecule has 3 nitrogen and oxygen atoms in total. The van der Waals surface area contributed by atoms with E-state index < -0.39 is 0 Å². The molecule has 0 aromatic carbocycles. The van der Waals surface area contributed by atoms with E-state index in [1.54, 1.807) is 6.92 Å². The third-order valence-corrected chi connectivity index (χ3v) is 3.70. The van der Waals surface area contributed by atoms with Gasteiger partial charge in [0.25, 0.3) is 0 Å². The normalized spacial score (nSPS) is 39.8. The van der Waals surface area contributed by atoms with Gasteiger partial charge in [-0.05, 0) is 38.0 Å². The maximum atomic E-state index is 11.6. The van der Waals surface area contributed by atoms with Crippen molar-refractivity contribution in [3.63, 3.8) is 0 Å². The number of aldehydes is 1. The van der Waals surface area contributed by atoms with Crippen molar-refractivity contribution in [2.45, 2.75) is 26.2 Å². The number of esters is 1. The molecule has 2 fully saturated rings. The Morgan fingerprint density at radius 1 is 1.43 bits per heavy atom. The summed E-state index contributed by atoms with van der Waals surface area (Å²) >= 11 is 0. The average Bonchev–Trinajstić information content (AvgIpc) is 2.76. The van der Waals surface area contributed by atoms with Gasteiger partial charge in [-0.25, -0.2) is 0 Å². The summed E-state index contributed by atoms with van der Waals surface area (Å²) in [7, 11) is 0. The lowest BCUT2D eigenvalue weighted by atomic mass is 9.80. The molecule has 0 heterocycles. The van der Waals surface area contributed by atoms with Gasteiger partial charge in [0.1, 0.15) is 6.29 Å². The number of rotatable bonds is 3. The van der Waals surface area contributed by atoms with Crippen molar-refractivity contribution in [2.24, 2.45) is 23.7 Å². The highest BCUT2D eigenvalue weighted by atomic mass is 16.5. The van der Waals surface area contributed by atoms with Crippen LogP contribution in [0.5, 0.6) is 0 Å². The third-order valence-electron chi connectivity index (χ3n) is 3.70. The van der Waals surface area contributed by atoms with Crippen LogP contribution in [0.2, 0.25) is 0 Å². The predicted molar refractivity (Wildman–Crippen MR) is 50.5 cm³/mol. The summed E-state index contributed by atoms with van der Waals surface area (Å²) in [6, 6.07) is 0. The molecule has 0 spiro atoms. The number of ether oxygens (including phenoxy) is 1. The summed E-state index contributed by atoms with van der Waals surface area (Å²) < 4.78 is 5.01. The van der Waals surface area contributed by atoms with Crippen LogP contribution in [0.15, 0.2) is 0 Å². The van der Waals surface area contributed by atoms with E-state index in [0.717, 1.165) is 25.5 Å². The van der Waals surface area contributed by atoms with Crippen LogP contribution >= 0.6 is 0 Å². The monoisotopic (exact) mass is 196 g/mol. The summed E-state index contributed by atoms with van der Waals surface area (Å²) in [5, 5.41) is 0. The zero-order chi connectivity index (χ0) is 10.1. The molecule has 0 radical (unpaired) electrons. The Hall–Kier alpha value is -0.860. The van der Waals surface area contributed by atoms with Crippen LogP contribution in [0.1, 0.15) is 26.2 Å². The van der Waals surface area contributed by atoms with Gasteiger partial charge in [-0.3, -0.25) is 4.79 Å². The van der Waals surface area contributed by atoms with E-state index in [2.05, 4.69) is 0 Å². The minimum atomic E-state index is -0.156. The second-order valence-electron chi connectivity index (χ2n) is 4.32. The van der Waals surface area contributed by atoms with E-state index in [1.807, 2.05) is 0 Å². The van der Waals surface area contributed by atoms with E-state index in [4.69, 9.17) is 4.74 Å². The Kier molecular flexibility index (Phi) is 2.57. The fraction of sp³-hybridized carbons (Fsp3) is 0.818. The highest BCUT2D eigenvalue weighted by Crippen LogP contribution is 2.51. The van der Waals surface area contributed by atoms with Crippen LogP contribution in [-0.4, -0.2) is 18.9 Å². The molecule has 2 rings (SSSR count). The third kappa shape index (κ3) is 1.35. The van der Waals surface area contributed by atoms with E-state index in [9.17, 15) is 9.59 Å². The van der Waals surface area contributed by atoms with Gasteiger partial charge in [-0.15, -0.1) is 0 Å². The van der Waals surface area contributed by atoms with Crippen LogP contribution in [-0.2, 0) is 14.3 Å². The SMILES string of the molecule is CCOC(=O)C1C2CCC(C2)C1C=O. The summed E-state index contributed by atoms with van der Waals surface area (Å²) in [5.74, 6) is 0.511. The molecule has 4 atom stereocenters. The Balaban J connectivity index is 2.09. The van der Waals surface area contributed by atoms with Crippen molar-refractivity contribution in [2.75, 3.05) is 6.61 Å². The molecule has 3 heteroatoms. The zero-order valence-corrected chi connectivity index (χ0v) is 8.44. The van der Waals surface area contributed by atoms with Gasteiger partial charge in [0.15, 0.2) is 0 Å². The first kappa shape index (κ1) is 9.69. The molecule has 78 valence electrons. The molecule has 0 aliphatic heterocycles. The standard InChI is InChI=1S/C11H16O3/c1-2-14-11(13)10-8-4-3-7(5-8)9(10)6-12/h6-10H,2-5H2,1H3. The van der Waals surface area contributed by atoms with Crippen molar-refractivity contribution in [1.29, 1.82) is 0 Å². The molecule has 2 aliphatic rings. The summed E-state index contributed by atoms with van der Waals surface area (Å²) in [6.45, 7) is 2.22. The fourth-order valence-electron chi connectivity index (χ4n) is 3.12.